The van der Waals surface area contributed by atoms with Crippen molar-refractivity contribution in [2.45, 2.75) is 13.5 Å². The molecule has 0 unspecified atom stereocenters. The van der Waals surface area contributed by atoms with E-state index in [1.165, 1.54) is 18.2 Å². The van der Waals surface area contributed by atoms with E-state index in [0.29, 0.717) is 17.2 Å². The second kappa shape index (κ2) is 8.36. The van der Waals surface area contributed by atoms with Crippen molar-refractivity contribution in [3.8, 4) is 17.1 Å². The molecular formula is C20H18N2O6. The topological polar surface area (TPSA) is 115 Å². The lowest BCUT2D eigenvalue weighted by atomic mass is 10.1. The van der Waals surface area contributed by atoms with E-state index in [1.54, 1.807) is 43.3 Å². The molecule has 8 nitrogen and oxygen atoms in total. The largest absolute Gasteiger partial charge is 0.487 e. The number of benzene rings is 2. The van der Waals surface area contributed by atoms with E-state index in [4.69, 9.17) is 14.3 Å². The van der Waals surface area contributed by atoms with Crippen molar-refractivity contribution in [2.75, 3.05) is 11.9 Å². The van der Waals surface area contributed by atoms with Crippen molar-refractivity contribution >= 4 is 17.3 Å². The van der Waals surface area contributed by atoms with E-state index in [1.807, 2.05) is 0 Å². The highest BCUT2D eigenvalue weighted by Crippen LogP contribution is 2.29. The van der Waals surface area contributed by atoms with E-state index in [-0.39, 0.29) is 30.2 Å². The Labute approximate surface area is 160 Å². The van der Waals surface area contributed by atoms with E-state index >= 15 is 0 Å². The summed E-state index contributed by atoms with van der Waals surface area (Å²) in [7, 11) is 0. The fraction of sp³-hybridized carbons (Fsp3) is 0.150. The summed E-state index contributed by atoms with van der Waals surface area (Å²) in [4.78, 5) is 23.0. The second-order valence-corrected chi connectivity index (χ2v) is 5.83. The van der Waals surface area contributed by atoms with Crippen molar-refractivity contribution in [3.05, 3.63) is 76.0 Å². The molecule has 0 bridgehead atoms. The Hall–Kier alpha value is -3.65. The molecule has 0 radical (unpaired) electrons. The van der Waals surface area contributed by atoms with Crippen LogP contribution in [0, 0.1) is 10.1 Å². The van der Waals surface area contributed by atoms with E-state index in [2.05, 4.69) is 5.32 Å². The van der Waals surface area contributed by atoms with Crippen LogP contribution in [-0.2, 0) is 6.61 Å². The van der Waals surface area contributed by atoms with Crippen molar-refractivity contribution in [2.24, 2.45) is 0 Å². The van der Waals surface area contributed by atoms with Crippen LogP contribution in [0.2, 0.25) is 0 Å². The third-order valence-electron chi connectivity index (χ3n) is 3.96. The van der Waals surface area contributed by atoms with Gasteiger partial charge in [-0.3, -0.25) is 14.9 Å². The Morgan fingerprint density at radius 1 is 1.18 bits per heavy atom. The second-order valence-electron chi connectivity index (χ2n) is 5.83. The quantitative estimate of drug-likeness (QED) is 0.471. The minimum Gasteiger partial charge on any atom is -0.487 e. The standard InChI is InChI=1S/C20H18N2O6/c1-2-27-19-9-5-14(11-17(19)22(25)26)20(24)21-15-6-3-13(4-7-15)18-10-8-16(12-23)28-18/h3-11,23H,2,12H2,1H3,(H,21,24). The van der Waals surface area contributed by atoms with Crippen LogP contribution in [-0.4, -0.2) is 22.5 Å². The van der Waals surface area contributed by atoms with Crippen molar-refractivity contribution in [1.82, 2.24) is 0 Å². The van der Waals surface area contributed by atoms with Gasteiger partial charge in [-0.05, 0) is 55.5 Å². The Balaban J connectivity index is 1.75. The van der Waals surface area contributed by atoms with Crippen LogP contribution in [0.15, 0.2) is 59.0 Å². The number of nitro groups is 1. The van der Waals surface area contributed by atoms with Crippen molar-refractivity contribution in [3.63, 3.8) is 0 Å². The number of hydrogen-bond donors (Lipinski definition) is 2. The zero-order chi connectivity index (χ0) is 20.1. The molecule has 3 rings (SSSR count). The molecule has 0 saturated heterocycles. The number of furan rings is 1. The number of rotatable bonds is 7. The minimum atomic E-state index is -0.583. The number of aliphatic hydroxyl groups is 1. The van der Waals surface area contributed by atoms with Crippen molar-refractivity contribution < 1.29 is 24.0 Å². The molecular weight excluding hydrogens is 364 g/mol. The minimum absolute atomic E-state index is 0.120. The van der Waals surface area contributed by atoms with Crippen LogP contribution >= 0.6 is 0 Å². The summed E-state index contributed by atoms with van der Waals surface area (Å²) in [6.07, 6.45) is 0. The van der Waals surface area contributed by atoms with Gasteiger partial charge >= 0.3 is 5.69 Å². The van der Waals surface area contributed by atoms with Crippen molar-refractivity contribution in [1.29, 1.82) is 0 Å². The molecule has 0 aliphatic heterocycles. The van der Waals surface area contributed by atoms with E-state index < -0.39 is 10.8 Å². The van der Waals surface area contributed by atoms with Gasteiger partial charge in [0.1, 0.15) is 18.1 Å². The monoisotopic (exact) mass is 382 g/mol. The predicted molar refractivity (Wildman–Crippen MR) is 102 cm³/mol. The van der Waals surface area contributed by atoms with Gasteiger partial charge in [-0.25, -0.2) is 0 Å². The smallest absolute Gasteiger partial charge is 0.311 e. The molecule has 28 heavy (non-hydrogen) atoms. The molecule has 0 saturated carbocycles. The lowest BCUT2D eigenvalue weighted by Crippen LogP contribution is -2.12. The Kier molecular flexibility index (Phi) is 5.71. The van der Waals surface area contributed by atoms with Gasteiger partial charge in [0, 0.05) is 22.9 Å². The molecule has 2 N–H and O–H groups in total. The first kappa shape index (κ1) is 19.1. The molecule has 1 heterocycles. The lowest BCUT2D eigenvalue weighted by molar-refractivity contribution is -0.385. The summed E-state index contributed by atoms with van der Waals surface area (Å²) in [6.45, 7) is 1.83. The Bertz CT molecular complexity index is 994. The highest BCUT2D eigenvalue weighted by Gasteiger charge is 2.18. The molecule has 8 heteroatoms. The van der Waals surface area contributed by atoms with Gasteiger partial charge in [-0.1, -0.05) is 0 Å². The average molecular weight is 382 g/mol. The van der Waals surface area contributed by atoms with Gasteiger partial charge in [-0.2, -0.15) is 0 Å². The summed E-state index contributed by atoms with van der Waals surface area (Å²) in [5, 5.41) is 23.0. The first-order valence-corrected chi connectivity index (χ1v) is 8.54. The SMILES string of the molecule is CCOc1ccc(C(=O)Nc2ccc(-c3ccc(CO)o3)cc2)cc1[N+](=O)[O-]. The van der Waals surface area contributed by atoms with Crippen LogP contribution < -0.4 is 10.1 Å². The molecule has 1 aromatic heterocycles. The molecule has 0 spiro atoms. The van der Waals surface area contributed by atoms with Crippen LogP contribution in [0.1, 0.15) is 23.0 Å². The Morgan fingerprint density at radius 3 is 2.54 bits per heavy atom. The van der Waals surface area contributed by atoms with Crippen LogP contribution in [0.4, 0.5) is 11.4 Å². The number of nitrogens with zero attached hydrogens (tertiary/aromatic N) is 1. The normalized spacial score (nSPS) is 10.5. The van der Waals surface area contributed by atoms with E-state index in [9.17, 15) is 14.9 Å². The van der Waals surface area contributed by atoms with Gasteiger partial charge in [0.15, 0.2) is 5.75 Å². The number of hydrogen-bond acceptors (Lipinski definition) is 6. The first-order valence-electron chi connectivity index (χ1n) is 8.54. The summed E-state index contributed by atoms with van der Waals surface area (Å²) in [5.74, 6) is 0.710. The molecule has 0 aliphatic carbocycles. The summed E-state index contributed by atoms with van der Waals surface area (Å²) >= 11 is 0. The highest BCUT2D eigenvalue weighted by atomic mass is 16.6. The number of nitro benzene ring substituents is 1. The fourth-order valence-corrected chi connectivity index (χ4v) is 2.62. The van der Waals surface area contributed by atoms with Crippen LogP contribution in [0.3, 0.4) is 0 Å². The average Bonchev–Trinajstić information content (AvgIpc) is 3.18. The molecule has 1 amide bonds. The number of carbonyl (C=O) groups excluding carboxylic acids is 1. The van der Waals surface area contributed by atoms with Gasteiger partial charge in [-0.15, -0.1) is 0 Å². The van der Waals surface area contributed by atoms with Gasteiger partial charge < -0.3 is 19.6 Å². The summed E-state index contributed by atoms with van der Waals surface area (Å²) in [6, 6.07) is 14.4. The summed E-state index contributed by atoms with van der Waals surface area (Å²) in [5.41, 5.74) is 1.20. The van der Waals surface area contributed by atoms with Gasteiger partial charge in [0.2, 0.25) is 0 Å². The summed E-state index contributed by atoms with van der Waals surface area (Å²) < 4.78 is 10.7. The van der Waals surface area contributed by atoms with Crippen LogP contribution in [0.5, 0.6) is 5.75 Å². The van der Waals surface area contributed by atoms with E-state index in [0.717, 1.165) is 5.56 Å². The molecule has 2 aromatic carbocycles. The highest BCUT2D eigenvalue weighted by molar-refractivity contribution is 6.04. The predicted octanol–water partition coefficient (Wildman–Crippen LogP) is 4.00. The zero-order valence-electron chi connectivity index (χ0n) is 15.0. The van der Waals surface area contributed by atoms with Crippen LogP contribution in [0.25, 0.3) is 11.3 Å². The maximum Gasteiger partial charge on any atom is 0.311 e. The number of anilines is 1. The van der Waals surface area contributed by atoms with Gasteiger partial charge in [0.25, 0.3) is 5.91 Å². The number of aliphatic hydroxyl groups excluding tert-OH is 1. The molecule has 0 fully saturated rings. The zero-order valence-corrected chi connectivity index (χ0v) is 15.0. The Morgan fingerprint density at radius 2 is 1.93 bits per heavy atom. The van der Waals surface area contributed by atoms with Gasteiger partial charge in [0.05, 0.1) is 11.5 Å². The third-order valence-corrected chi connectivity index (χ3v) is 3.96. The molecule has 3 aromatic rings. The maximum absolute atomic E-state index is 12.4. The molecule has 0 aliphatic rings. The third kappa shape index (κ3) is 4.18. The fourth-order valence-electron chi connectivity index (χ4n) is 2.62. The number of amides is 1. The number of nitrogens with one attached hydrogen (secondary N) is 1. The first-order chi connectivity index (χ1) is 13.5. The maximum atomic E-state index is 12.4. The molecule has 0 atom stereocenters. The molecule has 144 valence electrons. The number of carbonyl (C=O) groups is 1. The number of ether oxygens (including phenoxy) is 1. The lowest BCUT2D eigenvalue weighted by Gasteiger charge is -2.08.